The van der Waals surface area contributed by atoms with Gasteiger partial charge in [0.15, 0.2) is 5.76 Å². The number of anilines is 1. The van der Waals surface area contributed by atoms with Crippen molar-refractivity contribution in [3.63, 3.8) is 0 Å². The van der Waals surface area contributed by atoms with Crippen molar-refractivity contribution >= 4 is 17.5 Å². The SMILES string of the molecule is O=C(CNC(=O)c1ccc(COc2ccccc2)o1)Nc1ccc(F)cc1. The van der Waals surface area contributed by atoms with Crippen LogP contribution in [-0.2, 0) is 11.4 Å². The summed E-state index contributed by atoms with van der Waals surface area (Å²) >= 11 is 0. The molecule has 0 spiro atoms. The molecule has 138 valence electrons. The summed E-state index contributed by atoms with van der Waals surface area (Å²) in [5.41, 5.74) is 0.439. The van der Waals surface area contributed by atoms with E-state index in [1.54, 1.807) is 6.07 Å². The van der Waals surface area contributed by atoms with Gasteiger partial charge in [0.05, 0.1) is 6.54 Å². The topological polar surface area (TPSA) is 80.6 Å². The fourth-order valence-electron chi connectivity index (χ4n) is 2.23. The fourth-order valence-corrected chi connectivity index (χ4v) is 2.23. The zero-order valence-corrected chi connectivity index (χ0v) is 14.3. The summed E-state index contributed by atoms with van der Waals surface area (Å²) in [6.45, 7) is -0.0604. The van der Waals surface area contributed by atoms with Gasteiger partial charge in [0.2, 0.25) is 5.91 Å². The number of nitrogens with one attached hydrogen (secondary N) is 2. The predicted molar refractivity (Wildman–Crippen MR) is 96.8 cm³/mol. The number of halogens is 1. The van der Waals surface area contributed by atoms with E-state index in [2.05, 4.69) is 10.6 Å². The molecule has 0 aliphatic heterocycles. The maximum Gasteiger partial charge on any atom is 0.287 e. The Bertz CT molecular complexity index is 907. The van der Waals surface area contributed by atoms with Crippen molar-refractivity contribution in [1.82, 2.24) is 5.32 Å². The van der Waals surface area contributed by atoms with E-state index in [0.717, 1.165) is 0 Å². The number of carbonyl (C=O) groups is 2. The number of ether oxygens (including phenoxy) is 1. The summed E-state index contributed by atoms with van der Waals surface area (Å²) in [6.07, 6.45) is 0. The Kier molecular flexibility index (Phi) is 5.84. The Morgan fingerprint density at radius 1 is 0.963 bits per heavy atom. The minimum Gasteiger partial charge on any atom is -0.486 e. The van der Waals surface area contributed by atoms with Crippen molar-refractivity contribution in [3.8, 4) is 5.75 Å². The summed E-state index contributed by atoms with van der Waals surface area (Å²) in [5, 5.41) is 5.01. The van der Waals surface area contributed by atoms with Gasteiger partial charge in [-0.25, -0.2) is 4.39 Å². The molecule has 0 fully saturated rings. The van der Waals surface area contributed by atoms with Gasteiger partial charge in [-0.05, 0) is 48.5 Å². The van der Waals surface area contributed by atoms with Gasteiger partial charge in [-0.3, -0.25) is 9.59 Å². The summed E-state index contributed by atoms with van der Waals surface area (Å²) in [5.74, 6) is -0.0936. The lowest BCUT2D eigenvalue weighted by Crippen LogP contribution is -2.32. The van der Waals surface area contributed by atoms with E-state index >= 15 is 0 Å². The Hall–Kier alpha value is -3.61. The molecule has 3 aromatic rings. The molecule has 3 rings (SSSR count). The van der Waals surface area contributed by atoms with Crippen molar-refractivity contribution in [3.05, 3.63) is 84.1 Å². The van der Waals surface area contributed by atoms with Crippen molar-refractivity contribution in [2.24, 2.45) is 0 Å². The molecule has 0 unspecified atom stereocenters. The van der Waals surface area contributed by atoms with E-state index < -0.39 is 17.6 Å². The predicted octanol–water partition coefficient (Wildman–Crippen LogP) is 3.37. The lowest BCUT2D eigenvalue weighted by atomic mass is 10.3. The van der Waals surface area contributed by atoms with E-state index in [1.807, 2.05) is 30.3 Å². The first-order valence-corrected chi connectivity index (χ1v) is 8.20. The highest BCUT2D eigenvalue weighted by Crippen LogP contribution is 2.14. The Morgan fingerprint density at radius 2 is 1.70 bits per heavy atom. The van der Waals surface area contributed by atoms with Crippen LogP contribution in [0, 0.1) is 5.82 Å². The minimum atomic E-state index is -0.518. The molecular formula is C20H17FN2O4. The van der Waals surface area contributed by atoms with Gasteiger partial charge in [-0.15, -0.1) is 0 Å². The van der Waals surface area contributed by atoms with Gasteiger partial charge < -0.3 is 19.8 Å². The molecule has 0 radical (unpaired) electrons. The maximum absolute atomic E-state index is 12.8. The van der Waals surface area contributed by atoms with E-state index in [1.165, 1.54) is 30.3 Å². The first-order chi connectivity index (χ1) is 13.1. The highest BCUT2D eigenvalue weighted by Gasteiger charge is 2.13. The largest absolute Gasteiger partial charge is 0.486 e. The quantitative estimate of drug-likeness (QED) is 0.670. The highest BCUT2D eigenvalue weighted by molar-refractivity contribution is 5.98. The van der Waals surface area contributed by atoms with Gasteiger partial charge in [-0.2, -0.15) is 0 Å². The molecule has 6 nitrogen and oxygen atoms in total. The number of carbonyl (C=O) groups excluding carboxylic acids is 2. The van der Waals surface area contributed by atoms with Crippen LogP contribution >= 0.6 is 0 Å². The number of furan rings is 1. The normalized spacial score (nSPS) is 10.3. The fraction of sp³-hybridized carbons (Fsp3) is 0.100. The zero-order chi connectivity index (χ0) is 19.1. The first-order valence-electron chi connectivity index (χ1n) is 8.20. The second-order valence-electron chi connectivity index (χ2n) is 5.61. The third-order valence-corrected chi connectivity index (χ3v) is 3.55. The molecule has 0 saturated carbocycles. The molecule has 1 aromatic heterocycles. The van der Waals surface area contributed by atoms with E-state index in [9.17, 15) is 14.0 Å². The van der Waals surface area contributed by atoms with Gasteiger partial charge in [0.25, 0.3) is 5.91 Å². The van der Waals surface area contributed by atoms with Crippen molar-refractivity contribution in [2.45, 2.75) is 6.61 Å². The monoisotopic (exact) mass is 368 g/mol. The molecule has 0 atom stereocenters. The van der Waals surface area contributed by atoms with Gasteiger partial charge in [0, 0.05) is 5.69 Å². The molecular weight excluding hydrogens is 351 g/mol. The molecule has 1 heterocycles. The zero-order valence-electron chi connectivity index (χ0n) is 14.3. The molecule has 0 aliphatic carbocycles. The molecule has 27 heavy (non-hydrogen) atoms. The third-order valence-electron chi connectivity index (χ3n) is 3.55. The summed E-state index contributed by atoms with van der Waals surface area (Å²) < 4.78 is 23.8. The van der Waals surface area contributed by atoms with Gasteiger partial charge in [0.1, 0.15) is 23.9 Å². The van der Waals surface area contributed by atoms with Crippen molar-refractivity contribution in [2.75, 3.05) is 11.9 Å². The van der Waals surface area contributed by atoms with Crippen LogP contribution in [0.2, 0.25) is 0 Å². The van der Waals surface area contributed by atoms with Crippen molar-refractivity contribution < 1.29 is 23.1 Å². The van der Waals surface area contributed by atoms with Crippen molar-refractivity contribution in [1.29, 1.82) is 0 Å². The molecule has 0 bridgehead atoms. The van der Waals surface area contributed by atoms with Crippen LogP contribution in [0.25, 0.3) is 0 Å². The second kappa shape index (κ2) is 8.66. The summed E-state index contributed by atoms with van der Waals surface area (Å²) in [6, 6.07) is 17.7. The second-order valence-corrected chi connectivity index (χ2v) is 5.61. The Morgan fingerprint density at radius 3 is 2.44 bits per heavy atom. The highest BCUT2D eigenvalue weighted by atomic mass is 19.1. The lowest BCUT2D eigenvalue weighted by molar-refractivity contribution is -0.115. The number of para-hydroxylation sites is 1. The number of rotatable bonds is 7. The maximum atomic E-state index is 12.8. The summed E-state index contributed by atoms with van der Waals surface area (Å²) in [7, 11) is 0. The standard InChI is InChI=1S/C20H17FN2O4/c21-14-6-8-15(9-7-14)23-19(24)12-22-20(25)18-11-10-17(27-18)13-26-16-4-2-1-3-5-16/h1-11H,12-13H2,(H,22,25)(H,23,24). The molecule has 2 aromatic carbocycles. The van der Waals surface area contributed by atoms with Crippen LogP contribution in [0.3, 0.4) is 0 Å². The molecule has 2 amide bonds. The summed E-state index contributed by atoms with van der Waals surface area (Å²) in [4.78, 5) is 23.9. The van der Waals surface area contributed by atoms with Crippen LogP contribution in [0.15, 0.2) is 71.1 Å². The smallest absolute Gasteiger partial charge is 0.287 e. The van der Waals surface area contributed by atoms with Crippen LogP contribution in [0.5, 0.6) is 5.75 Å². The number of benzene rings is 2. The van der Waals surface area contributed by atoms with Gasteiger partial charge >= 0.3 is 0 Å². The Balaban J connectivity index is 1.46. The van der Waals surface area contributed by atoms with E-state index in [0.29, 0.717) is 17.2 Å². The molecule has 0 aliphatic rings. The minimum absolute atomic E-state index is 0.0799. The average Bonchev–Trinajstić information content (AvgIpc) is 3.16. The van der Waals surface area contributed by atoms with Crippen LogP contribution in [0.1, 0.15) is 16.3 Å². The molecule has 2 N–H and O–H groups in total. The molecule has 0 saturated heterocycles. The van der Waals surface area contributed by atoms with E-state index in [4.69, 9.17) is 9.15 Å². The number of hydrogen-bond donors (Lipinski definition) is 2. The van der Waals surface area contributed by atoms with Crippen LogP contribution in [0.4, 0.5) is 10.1 Å². The number of hydrogen-bond acceptors (Lipinski definition) is 4. The molecule has 7 heteroatoms. The van der Waals surface area contributed by atoms with Crippen LogP contribution < -0.4 is 15.4 Å². The lowest BCUT2D eigenvalue weighted by Gasteiger charge is -2.06. The Labute approximate surface area is 155 Å². The number of amides is 2. The van der Waals surface area contributed by atoms with Crippen LogP contribution in [-0.4, -0.2) is 18.4 Å². The van der Waals surface area contributed by atoms with Gasteiger partial charge in [-0.1, -0.05) is 18.2 Å². The first kappa shape index (κ1) is 18.2. The average molecular weight is 368 g/mol. The van der Waals surface area contributed by atoms with E-state index in [-0.39, 0.29) is 18.9 Å². The third kappa shape index (κ3) is 5.43.